The first-order valence-electron chi connectivity index (χ1n) is 4.85. The number of pyridine rings is 1. The maximum atomic E-state index is 12.0. The molecule has 1 aromatic heterocycles. The smallest absolute Gasteiger partial charge is 0.348 e. The van der Waals surface area contributed by atoms with Gasteiger partial charge in [-0.05, 0) is 13.0 Å². The Kier molecular flexibility index (Phi) is 3.93. The van der Waals surface area contributed by atoms with Crippen LogP contribution in [0.4, 0.5) is 13.2 Å². The third-order valence-electron chi connectivity index (χ3n) is 1.93. The molecule has 1 heterocycles. The highest BCUT2D eigenvalue weighted by atomic mass is 19.4. The van der Waals surface area contributed by atoms with Gasteiger partial charge < -0.3 is 10.3 Å². The fourth-order valence-electron chi connectivity index (χ4n) is 1.28. The number of alkyl halides is 3. The zero-order valence-electron chi connectivity index (χ0n) is 8.97. The molecule has 0 saturated carbocycles. The van der Waals surface area contributed by atoms with Crippen LogP contribution >= 0.6 is 0 Å². The third-order valence-corrected chi connectivity index (χ3v) is 1.93. The second-order valence-electron chi connectivity index (χ2n) is 3.62. The molecule has 0 fully saturated rings. The van der Waals surface area contributed by atoms with Crippen molar-refractivity contribution in [3.63, 3.8) is 0 Å². The van der Waals surface area contributed by atoms with Gasteiger partial charge in [-0.3, -0.25) is 9.59 Å². The summed E-state index contributed by atoms with van der Waals surface area (Å²) in [6.45, 7) is 1.24. The van der Waals surface area contributed by atoms with E-state index in [1.54, 1.807) is 0 Å². The highest BCUT2D eigenvalue weighted by molar-refractivity contribution is 5.92. The van der Waals surface area contributed by atoms with Gasteiger partial charge in [0.05, 0.1) is 6.42 Å². The van der Waals surface area contributed by atoms with E-state index in [0.717, 1.165) is 0 Å². The molecule has 0 aliphatic heterocycles. The standard InChI is InChI=1S/C10H11F3N2O2/c1-6(5-10(11,12)13)14-9(17)7-3-2-4-8(16)15-7/h2-4,6H,5H2,1H3,(H,14,17)(H,15,16). The molecule has 1 atom stereocenters. The van der Waals surface area contributed by atoms with Gasteiger partial charge in [0.2, 0.25) is 5.56 Å². The van der Waals surface area contributed by atoms with Crippen LogP contribution in [0.3, 0.4) is 0 Å². The van der Waals surface area contributed by atoms with E-state index in [4.69, 9.17) is 0 Å². The molecule has 0 aliphatic rings. The average molecular weight is 248 g/mol. The van der Waals surface area contributed by atoms with Crippen molar-refractivity contribution >= 4 is 5.91 Å². The summed E-state index contributed by atoms with van der Waals surface area (Å²) in [4.78, 5) is 24.6. The summed E-state index contributed by atoms with van der Waals surface area (Å²) in [5.74, 6) is -0.737. The fraction of sp³-hybridized carbons (Fsp3) is 0.400. The quantitative estimate of drug-likeness (QED) is 0.850. The monoisotopic (exact) mass is 248 g/mol. The highest BCUT2D eigenvalue weighted by Gasteiger charge is 2.30. The lowest BCUT2D eigenvalue weighted by Crippen LogP contribution is -2.36. The first kappa shape index (κ1) is 13.3. The van der Waals surface area contributed by atoms with E-state index >= 15 is 0 Å². The van der Waals surface area contributed by atoms with Crippen molar-refractivity contribution in [3.8, 4) is 0 Å². The van der Waals surface area contributed by atoms with Crippen LogP contribution in [0.1, 0.15) is 23.8 Å². The van der Waals surface area contributed by atoms with Gasteiger partial charge in [-0.25, -0.2) is 0 Å². The lowest BCUT2D eigenvalue weighted by atomic mass is 10.2. The molecule has 0 saturated heterocycles. The van der Waals surface area contributed by atoms with Crippen molar-refractivity contribution in [2.24, 2.45) is 0 Å². The van der Waals surface area contributed by atoms with Gasteiger partial charge in [0.1, 0.15) is 5.69 Å². The van der Waals surface area contributed by atoms with Crippen LogP contribution in [0.25, 0.3) is 0 Å². The Hall–Kier alpha value is -1.79. The highest BCUT2D eigenvalue weighted by Crippen LogP contribution is 2.21. The molecule has 1 aromatic rings. The molecular formula is C10H11F3N2O2. The first-order chi connectivity index (χ1) is 7.78. The van der Waals surface area contributed by atoms with Crippen LogP contribution in [0.15, 0.2) is 23.0 Å². The van der Waals surface area contributed by atoms with Gasteiger partial charge in [-0.2, -0.15) is 13.2 Å². The van der Waals surface area contributed by atoms with Crippen LogP contribution in [0.5, 0.6) is 0 Å². The maximum absolute atomic E-state index is 12.0. The lowest BCUT2D eigenvalue weighted by molar-refractivity contribution is -0.138. The Balaban J connectivity index is 2.64. The summed E-state index contributed by atoms with van der Waals surface area (Å²) in [7, 11) is 0. The van der Waals surface area contributed by atoms with Crippen LogP contribution in [-0.4, -0.2) is 23.1 Å². The Morgan fingerprint density at radius 1 is 1.47 bits per heavy atom. The van der Waals surface area contributed by atoms with Crippen LogP contribution < -0.4 is 10.9 Å². The molecule has 0 radical (unpaired) electrons. The number of carbonyl (C=O) groups is 1. The minimum atomic E-state index is -4.34. The summed E-state index contributed by atoms with van der Waals surface area (Å²) < 4.78 is 36.0. The number of nitrogens with one attached hydrogen (secondary N) is 2. The normalized spacial score (nSPS) is 13.2. The SMILES string of the molecule is CC(CC(F)(F)F)NC(=O)c1cccc(=O)[nH]1. The second-order valence-corrected chi connectivity index (χ2v) is 3.62. The zero-order chi connectivity index (χ0) is 13.1. The van der Waals surface area contributed by atoms with E-state index in [1.807, 2.05) is 0 Å². The minimum Gasteiger partial charge on any atom is -0.348 e. The molecule has 94 valence electrons. The van der Waals surface area contributed by atoms with E-state index in [1.165, 1.54) is 25.1 Å². The van der Waals surface area contributed by atoms with Gasteiger partial charge in [0.25, 0.3) is 5.91 Å². The lowest BCUT2D eigenvalue weighted by Gasteiger charge is -2.15. The van der Waals surface area contributed by atoms with E-state index in [-0.39, 0.29) is 5.69 Å². The summed E-state index contributed by atoms with van der Waals surface area (Å²) in [6.07, 6.45) is -5.45. The van der Waals surface area contributed by atoms with Gasteiger partial charge in [-0.15, -0.1) is 0 Å². The fourth-order valence-corrected chi connectivity index (χ4v) is 1.28. The molecule has 0 bridgehead atoms. The summed E-state index contributed by atoms with van der Waals surface area (Å²) >= 11 is 0. The Bertz CT molecular complexity index is 453. The molecule has 0 aliphatic carbocycles. The third kappa shape index (κ3) is 4.71. The molecule has 1 amide bonds. The van der Waals surface area contributed by atoms with Crippen molar-refractivity contribution in [2.75, 3.05) is 0 Å². The molecule has 2 N–H and O–H groups in total. The number of amides is 1. The molecule has 0 aromatic carbocycles. The summed E-state index contributed by atoms with van der Waals surface area (Å²) in [5, 5.41) is 2.15. The maximum Gasteiger partial charge on any atom is 0.391 e. The molecule has 1 rings (SSSR count). The van der Waals surface area contributed by atoms with E-state index in [9.17, 15) is 22.8 Å². The number of hydrogen-bond acceptors (Lipinski definition) is 2. The van der Waals surface area contributed by atoms with E-state index in [2.05, 4.69) is 10.3 Å². The van der Waals surface area contributed by atoms with Gasteiger partial charge in [0.15, 0.2) is 0 Å². The van der Waals surface area contributed by atoms with Crippen molar-refractivity contribution in [1.29, 1.82) is 0 Å². The van der Waals surface area contributed by atoms with Crippen LogP contribution in [0, 0.1) is 0 Å². The number of H-pyrrole nitrogens is 1. The Morgan fingerprint density at radius 3 is 2.65 bits per heavy atom. The second kappa shape index (κ2) is 5.03. The average Bonchev–Trinajstić information content (AvgIpc) is 2.14. The number of hydrogen-bond donors (Lipinski definition) is 2. The predicted octanol–water partition coefficient (Wildman–Crippen LogP) is 1.45. The predicted molar refractivity (Wildman–Crippen MR) is 54.7 cm³/mol. The number of aromatic amines is 1. The van der Waals surface area contributed by atoms with Gasteiger partial charge >= 0.3 is 6.18 Å². The molecule has 17 heavy (non-hydrogen) atoms. The van der Waals surface area contributed by atoms with E-state index < -0.39 is 30.1 Å². The van der Waals surface area contributed by atoms with Crippen molar-refractivity contribution in [3.05, 3.63) is 34.2 Å². The number of carbonyl (C=O) groups excluding carboxylic acids is 1. The summed E-state index contributed by atoms with van der Waals surface area (Å²) in [6, 6.07) is 2.82. The Labute approximate surface area is 94.8 Å². The minimum absolute atomic E-state index is 0.0634. The largest absolute Gasteiger partial charge is 0.391 e. The van der Waals surface area contributed by atoms with Gasteiger partial charge in [0, 0.05) is 12.1 Å². The summed E-state index contributed by atoms with van der Waals surface area (Å²) in [5.41, 5.74) is -0.548. The number of aromatic nitrogens is 1. The topological polar surface area (TPSA) is 62.0 Å². The molecule has 4 nitrogen and oxygen atoms in total. The molecule has 1 unspecified atom stereocenters. The number of halogens is 3. The van der Waals surface area contributed by atoms with Crippen LogP contribution in [-0.2, 0) is 0 Å². The molecular weight excluding hydrogens is 237 g/mol. The van der Waals surface area contributed by atoms with Crippen molar-refractivity contribution in [2.45, 2.75) is 25.6 Å². The first-order valence-corrected chi connectivity index (χ1v) is 4.85. The van der Waals surface area contributed by atoms with Gasteiger partial charge in [-0.1, -0.05) is 6.07 Å². The number of rotatable bonds is 3. The van der Waals surface area contributed by atoms with Crippen molar-refractivity contribution < 1.29 is 18.0 Å². The van der Waals surface area contributed by atoms with Crippen LogP contribution in [0.2, 0.25) is 0 Å². The van der Waals surface area contributed by atoms with Crippen molar-refractivity contribution in [1.82, 2.24) is 10.3 Å². The molecule has 7 heteroatoms. The van der Waals surface area contributed by atoms with E-state index in [0.29, 0.717) is 0 Å². The molecule has 0 spiro atoms. The zero-order valence-corrected chi connectivity index (χ0v) is 8.97. The Morgan fingerprint density at radius 2 is 2.12 bits per heavy atom.